The minimum Gasteiger partial charge on any atom is -0.373 e. The molecular weight excluding hydrogens is 817 g/mol. The molecule has 3 N–H and O–H groups in total. The largest absolute Gasteiger partial charge is 0.373 e. The van der Waals surface area contributed by atoms with Crippen molar-refractivity contribution in [3.8, 4) is 33.4 Å². The summed E-state index contributed by atoms with van der Waals surface area (Å²) in [5.74, 6) is 0. The lowest BCUT2D eigenvalue weighted by Crippen LogP contribution is -2.32. The summed E-state index contributed by atoms with van der Waals surface area (Å²) in [6, 6.07) is 62.0. The van der Waals surface area contributed by atoms with Crippen molar-refractivity contribution < 1.29 is 15.3 Å². The molecule has 0 radical (unpaired) electrons. The van der Waals surface area contributed by atoms with Crippen LogP contribution >= 0.6 is 0 Å². The molecular formula is C57H42N6O3. The Morgan fingerprint density at radius 2 is 0.439 bits per heavy atom. The highest BCUT2D eigenvalue weighted by Gasteiger charge is 2.42. The maximum atomic E-state index is 13.2. The first-order chi connectivity index (χ1) is 32.4. The zero-order valence-corrected chi connectivity index (χ0v) is 35.5. The number of pyridine rings is 6. The van der Waals surface area contributed by atoms with Crippen LogP contribution in [0.15, 0.2) is 237 Å². The molecule has 0 aliphatic carbocycles. The van der Waals surface area contributed by atoms with Crippen LogP contribution in [0.25, 0.3) is 33.4 Å². The number of benzene rings is 4. The molecule has 0 spiro atoms. The molecule has 4 aromatic carbocycles. The Bertz CT molecular complexity index is 2760. The third-order valence-electron chi connectivity index (χ3n) is 12.0. The Morgan fingerprint density at radius 3 is 0.636 bits per heavy atom. The first-order valence-electron chi connectivity index (χ1n) is 21.5. The molecule has 9 nitrogen and oxygen atoms in total. The summed E-state index contributed by atoms with van der Waals surface area (Å²) >= 11 is 0. The molecule has 6 heterocycles. The number of rotatable bonds is 12. The van der Waals surface area contributed by atoms with Gasteiger partial charge in [0.2, 0.25) is 0 Å². The van der Waals surface area contributed by atoms with Crippen LogP contribution in [0, 0.1) is 0 Å². The fourth-order valence-electron chi connectivity index (χ4n) is 8.93. The van der Waals surface area contributed by atoms with E-state index in [2.05, 4.69) is 18.2 Å². The molecule has 0 aliphatic rings. The van der Waals surface area contributed by atoms with Gasteiger partial charge in [0.15, 0.2) is 16.8 Å². The van der Waals surface area contributed by atoms with E-state index < -0.39 is 16.8 Å². The van der Waals surface area contributed by atoms with Gasteiger partial charge in [-0.05, 0) is 124 Å². The lowest BCUT2D eigenvalue weighted by molar-refractivity contribution is 0.116. The van der Waals surface area contributed by atoms with Gasteiger partial charge < -0.3 is 15.3 Å². The van der Waals surface area contributed by atoms with E-state index in [1.165, 1.54) is 0 Å². The van der Waals surface area contributed by atoms with Gasteiger partial charge in [0, 0.05) is 53.9 Å². The smallest absolute Gasteiger partial charge is 0.174 e. The first-order valence-corrected chi connectivity index (χ1v) is 21.5. The van der Waals surface area contributed by atoms with Crippen molar-refractivity contribution in [2.45, 2.75) is 16.8 Å². The Morgan fingerprint density at radius 1 is 0.242 bits per heavy atom. The average Bonchev–Trinajstić information content (AvgIpc) is 3.41. The SMILES string of the molecule is OC(c1ccccn1)(c1ccccn1)c1ccccc1-c1cc(-c2ccccc2C(O)(c2ccccn2)c2ccccn2)cc(-c2ccccc2C(O)(c2ccccn2)c2ccccn2)c1. The summed E-state index contributed by atoms with van der Waals surface area (Å²) in [5.41, 5.74) is 2.93. The van der Waals surface area contributed by atoms with Crippen LogP contribution < -0.4 is 0 Å². The van der Waals surface area contributed by atoms with Gasteiger partial charge >= 0.3 is 0 Å². The van der Waals surface area contributed by atoms with Crippen molar-refractivity contribution in [3.63, 3.8) is 0 Å². The Kier molecular flexibility index (Phi) is 11.2. The van der Waals surface area contributed by atoms with Gasteiger partial charge in [0.25, 0.3) is 0 Å². The maximum absolute atomic E-state index is 13.2. The molecule has 0 fully saturated rings. The molecule has 0 unspecified atom stereocenters. The molecule has 10 rings (SSSR count). The summed E-state index contributed by atoms with van der Waals surface area (Å²) in [6.45, 7) is 0. The van der Waals surface area contributed by atoms with Gasteiger partial charge in [-0.2, -0.15) is 0 Å². The van der Waals surface area contributed by atoms with Gasteiger partial charge in [-0.25, -0.2) is 0 Å². The molecule has 6 aromatic heterocycles. The molecule has 9 heteroatoms. The molecule has 0 atom stereocenters. The second kappa shape index (κ2) is 17.7. The van der Waals surface area contributed by atoms with E-state index in [0.29, 0.717) is 67.5 Å². The Hall–Kier alpha value is -8.34. The Labute approximate surface area is 382 Å². The number of aliphatic hydroxyl groups is 3. The predicted octanol–water partition coefficient (Wildman–Crippen LogP) is 9.91. The molecule has 0 amide bonds. The highest BCUT2D eigenvalue weighted by molar-refractivity contribution is 5.86. The van der Waals surface area contributed by atoms with Crippen LogP contribution in [-0.2, 0) is 16.8 Å². The Balaban J connectivity index is 1.28. The first kappa shape index (κ1) is 41.7. The van der Waals surface area contributed by atoms with Crippen molar-refractivity contribution in [2.24, 2.45) is 0 Å². The minimum absolute atomic E-state index is 0.398. The van der Waals surface area contributed by atoms with Gasteiger partial charge in [-0.15, -0.1) is 0 Å². The second-order valence-electron chi connectivity index (χ2n) is 15.9. The predicted molar refractivity (Wildman–Crippen MR) is 254 cm³/mol. The zero-order chi connectivity index (χ0) is 45.0. The normalized spacial score (nSPS) is 11.9. The number of nitrogens with zero attached hydrogens (tertiary/aromatic N) is 6. The van der Waals surface area contributed by atoms with Crippen LogP contribution in [0.5, 0.6) is 0 Å². The van der Waals surface area contributed by atoms with Crippen LogP contribution in [0.1, 0.15) is 50.9 Å². The van der Waals surface area contributed by atoms with Crippen molar-refractivity contribution in [2.75, 3.05) is 0 Å². The molecule has 0 saturated heterocycles. The highest BCUT2D eigenvalue weighted by Crippen LogP contribution is 2.47. The van der Waals surface area contributed by atoms with Gasteiger partial charge in [0.1, 0.15) is 0 Å². The van der Waals surface area contributed by atoms with E-state index in [-0.39, 0.29) is 0 Å². The topological polar surface area (TPSA) is 138 Å². The molecule has 0 aliphatic heterocycles. The quantitative estimate of drug-likeness (QED) is 0.110. The fourth-order valence-corrected chi connectivity index (χ4v) is 8.93. The van der Waals surface area contributed by atoms with E-state index in [1.807, 2.05) is 146 Å². The van der Waals surface area contributed by atoms with Crippen molar-refractivity contribution in [1.82, 2.24) is 29.9 Å². The van der Waals surface area contributed by atoms with Crippen LogP contribution in [0.2, 0.25) is 0 Å². The zero-order valence-electron chi connectivity index (χ0n) is 35.5. The van der Waals surface area contributed by atoms with E-state index in [1.54, 1.807) is 73.6 Å². The summed E-state index contributed by atoms with van der Waals surface area (Å²) in [6.07, 6.45) is 9.96. The minimum atomic E-state index is -1.79. The summed E-state index contributed by atoms with van der Waals surface area (Å²) in [5, 5.41) is 39.7. The van der Waals surface area contributed by atoms with Crippen LogP contribution in [0.4, 0.5) is 0 Å². The summed E-state index contributed by atoms with van der Waals surface area (Å²) < 4.78 is 0. The third-order valence-corrected chi connectivity index (χ3v) is 12.0. The lowest BCUT2D eigenvalue weighted by Gasteiger charge is -2.31. The van der Waals surface area contributed by atoms with Gasteiger partial charge in [-0.3, -0.25) is 29.9 Å². The standard InChI is InChI=1S/C57H42N6O3/c64-55(49-25-7-13-31-58-49,50-26-8-14-32-59-50)46-22-4-1-19-43(46)40-37-41(44-20-2-5-23-47(44)56(65,51-27-9-15-33-60-51)52-28-10-16-34-61-52)39-42(38-40)45-21-3-6-24-48(45)57(66,53-29-11-17-35-62-53)54-30-12-18-36-63-54/h1-39,64-66H. The van der Waals surface area contributed by atoms with Crippen molar-refractivity contribution in [1.29, 1.82) is 0 Å². The lowest BCUT2D eigenvalue weighted by atomic mass is 9.78. The van der Waals surface area contributed by atoms with Gasteiger partial charge in [0.05, 0.1) is 34.2 Å². The second-order valence-corrected chi connectivity index (χ2v) is 15.9. The summed E-state index contributed by atoms with van der Waals surface area (Å²) in [4.78, 5) is 28.2. The van der Waals surface area contributed by atoms with Gasteiger partial charge in [-0.1, -0.05) is 109 Å². The third kappa shape index (κ3) is 7.33. The van der Waals surface area contributed by atoms with E-state index in [4.69, 9.17) is 29.9 Å². The van der Waals surface area contributed by atoms with E-state index >= 15 is 0 Å². The number of hydrogen-bond donors (Lipinski definition) is 3. The monoisotopic (exact) mass is 858 g/mol. The maximum Gasteiger partial charge on any atom is 0.174 e. The van der Waals surface area contributed by atoms with Crippen molar-refractivity contribution in [3.05, 3.63) is 288 Å². The molecule has 66 heavy (non-hydrogen) atoms. The van der Waals surface area contributed by atoms with E-state index in [9.17, 15) is 15.3 Å². The molecule has 0 bridgehead atoms. The molecule has 0 saturated carbocycles. The van der Waals surface area contributed by atoms with Crippen LogP contribution in [0.3, 0.4) is 0 Å². The van der Waals surface area contributed by atoms with Crippen LogP contribution in [-0.4, -0.2) is 45.2 Å². The fraction of sp³-hybridized carbons (Fsp3) is 0.0526. The number of aromatic nitrogens is 6. The molecule has 318 valence electrons. The highest BCUT2D eigenvalue weighted by atomic mass is 16.3. The number of hydrogen-bond acceptors (Lipinski definition) is 9. The summed E-state index contributed by atoms with van der Waals surface area (Å²) in [7, 11) is 0. The average molecular weight is 859 g/mol. The molecule has 10 aromatic rings. The van der Waals surface area contributed by atoms with E-state index in [0.717, 1.165) is 16.7 Å². The van der Waals surface area contributed by atoms with Crippen molar-refractivity contribution >= 4 is 0 Å².